The van der Waals surface area contributed by atoms with Crippen LogP contribution >= 0.6 is 0 Å². The molecule has 0 saturated heterocycles. The molecule has 1 aromatic carbocycles. The van der Waals surface area contributed by atoms with Crippen molar-refractivity contribution in [2.45, 2.75) is 26.4 Å². The highest BCUT2D eigenvalue weighted by molar-refractivity contribution is 5.42. The SMILES string of the molecule is COc1cc(C(C)NCCn2cc(C)cn2)ccc1O. The van der Waals surface area contributed by atoms with Gasteiger partial charge in [0.05, 0.1) is 19.9 Å². The molecule has 0 amide bonds. The molecule has 2 rings (SSSR count). The van der Waals surface area contributed by atoms with Crippen LogP contribution < -0.4 is 10.1 Å². The summed E-state index contributed by atoms with van der Waals surface area (Å²) in [5.74, 6) is 0.661. The lowest BCUT2D eigenvalue weighted by Gasteiger charge is -2.15. The number of benzene rings is 1. The first-order chi connectivity index (χ1) is 9.60. The summed E-state index contributed by atoms with van der Waals surface area (Å²) in [6.45, 7) is 5.77. The Morgan fingerprint density at radius 3 is 2.90 bits per heavy atom. The van der Waals surface area contributed by atoms with Gasteiger partial charge >= 0.3 is 0 Å². The Morgan fingerprint density at radius 1 is 1.45 bits per heavy atom. The van der Waals surface area contributed by atoms with Crippen LogP contribution in [0.4, 0.5) is 0 Å². The highest BCUT2D eigenvalue weighted by Gasteiger charge is 2.08. The molecule has 1 aromatic heterocycles. The van der Waals surface area contributed by atoms with Gasteiger partial charge in [0.15, 0.2) is 11.5 Å². The predicted molar refractivity (Wildman–Crippen MR) is 78.0 cm³/mol. The molecular formula is C15H21N3O2. The number of ether oxygens (including phenoxy) is 1. The van der Waals surface area contributed by atoms with E-state index < -0.39 is 0 Å². The number of nitrogens with zero attached hydrogens (tertiary/aromatic N) is 2. The molecule has 0 saturated carbocycles. The molecule has 2 aromatic rings. The minimum atomic E-state index is 0.162. The first-order valence-electron chi connectivity index (χ1n) is 6.69. The summed E-state index contributed by atoms with van der Waals surface area (Å²) in [6.07, 6.45) is 3.88. The highest BCUT2D eigenvalue weighted by Crippen LogP contribution is 2.28. The molecule has 5 nitrogen and oxygen atoms in total. The molecule has 20 heavy (non-hydrogen) atoms. The van der Waals surface area contributed by atoms with E-state index in [1.54, 1.807) is 13.2 Å². The summed E-state index contributed by atoms with van der Waals surface area (Å²) >= 11 is 0. The normalized spacial score (nSPS) is 12.3. The van der Waals surface area contributed by atoms with Crippen molar-refractivity contribution in [3.05, 3.63) is 41.7 Å². The second kappa shape index (κ2) is 6.43. The zero-order chi connectivity index (χ0) is 14.5. The third-order valence-corrected chi connectivity index (χ3v) is 3.26. The molecule has 0 radical (unpaired) electrons. The predicted octanol–water partition coefficient (Wildman–Crippen LogP) is 2.26. The van der Waals surface area contributed by atoms with Crippen LogP contribution in [0.3, 0.4) is 0 Å². The topological polar surface area (TPSA) is 59.3 Å². The van der Waals surface area contributed by atoms with Crippen molar-refractivity contribution in [3.63, 3.8) is 0 Å². The van der Waals surface area contributed by atoms with Crippen molar-refractivity contribution >= 4 is 0 Å². The van der Waals surface area contributed by atoms with Gasteiger partial charge in [0.25, 0.3) is 0 Å². The Hall–Kier alpha value is -2.01. The van der Waals surface area contributed by atoms with Crippen molar-refractivity contribution in [1.29, 1.82) is 0 Å². The van der Waals surface area contributed by atoms with E-state index in [0.29, 0.717) is 5.75 Å². The summed E-state index contributed by atoms with van der Waals surface area (Å²) in [5.41, 5.74) is 2.25. The molecule has 0 aliphatic rings. The molecule has 1 atom stereocenters. The van der Waals surface area contributed by atoms with Gasteiger partial charge in [0.1, 0.15) is 0 Å². The van der Waals surface area contributed by atoms with Gasteiger partial charge in [-0.3, -0.25) is 4.68 Å². The Bertz CT molecular complexity index is 566. The molecule has 0 fully saturated rings. The van der Waals surface area contributed by atoms with Gasteiger partial charge < -0.3 is 15.2 Å². The number of nitrogens with one attached hydrogen (secondary N) is 1. The van der Waals surface area contributed by atoms with E-state index in [9.17, 15) is 5.11 Å². The maximum absolute atomic E-state index is 9.59. The van der Waals surface area contributed by atoms with Crippen molar-refractivity contribution in [2.75, 3.05) is 13.7 Å². The van der Waals surface area contributed by atoms with E-state index in [0.717, 1.165) is 18.7 Å². The number of hydrogen-bond donors (Lipinski definition) is 2. The van der Waals surface area contributed by atoms with E-state index in [-0.39, 0.29) is 11.8 Å². The van der Waals surface area contributed by atoms with Crippen LogP contribution in [0.1, 0.15) is 24.1 Å². The minimum Gasteiger partial charge on any atom is -0.504 e. The van der Waals surface area contributed by atoms with Crippen molar-refractivity contribution < 1.29 is 9.84 Å². The molecule has 1 unspecified atom stereocenters. The first kappa shape index (κ1) is 14.4. The quantitative estimate of drug-likeness (QED) is 0.849. The third-order valence-electron chi connectivity index (χ3n) is 3.26. The molecule has 0 aliphatic carbocycles. The van der Waals surface area contributed by atoms with Gasteiger partial charge in [-0.2, -0.15) is 5.10 Å². The summed E-state index contributed by atoms with van der Waals surface area (Å²) in [6, 6.07) is 5.59. The summed E-state index contributed by atoms with van der Waals surface area (Å²) in [5, 5.41) is 17.3. The van der Waals surface area contributed by atoms with E-state index in [1.807, 2.05) is 36.1 Å². The standard InChI is InChI=1S/C15H21N3O2/c1-11-9-17-18(10-11)7-6-16-12(2)13-4-5-14(19)15(8-13)20-3/h4-5,8-10,12,16,19H,6-7H2,1-3H3. The second-order valence-corrected chi connectivity index (χ2v) is 4.89. The van der Waals surface area contributed by atoms with Crippen molar-refractivity contribution in [1.82, 2.24) is 15.1 Å². The fourth-order valence-corrected chi connectivity index (χ4v) is 2.07. The Morgan fingerprint density at radius 2 is 2.25 bits per heavy atom. The number of aryl methyl sites for hydroxylation is 1. The molecule has 108 valence electrons. The van der Waals surface area contributed by atoms with E-state index in [2.05, 4.69) is 17.3 Å². The average molecular weight is 275 g/mol. The number of methoxy groups -OCH3 is 1. The van der Waals surface area contributed by atoms with E-state index in [4.69, 9.17) is 4.74 Å². The van der Waals surface area contributed by atoms with Crippen molar-refractivity contribution in [2.24, 2.45) is 0 Å². The van der Waals surface area contributed by atoms with Gasteiger partial charge in [-0.1, -0.05) is 6.07 Å². The maximum Gasteiger partial charge on any atom is 0.160 e. The number of rotatable bonds is 6. The van der Waals surface area contributed by atoms with Crippen LogP contribution in [0.25, 0.3) is 0 Å². The van der Waals surface area contributed by atoms with Crippen LogP contribution in [-0.4, -0.2) is 28.5 Å². The average Bonchev–Trinajstić information content (AvgIpc) is 2.85. The van der Waals surface area contributed by atoms with Gasteiger partial charge in [0.2, 0.25) is 0 Å². The Labute approximate surface area is 119 Å². The monoisotopic (exact) mass is 275 g/mol. The molecule has 0 bridgehead atoms. The lowest BCUT2D eigenvalue weighted by atomic mass is 10.1. The van der Waals surface area contributed by atoms with E-state index >= 15 is 0 Å². The summed E-state index contributed by atoms with van der Waals surface area (Å²) in [7, 11) is 1.55. The maximum atomic E-state index is 9.59. The van der Waals surface area contributed by atoms with E-state index in [1.165, 1.54) is 5.56 Å². The molecule has 0 spiro atoms. The summed E-state index contributed by atoms with van der Waals surface area (Å²) < 4.78 is 7.04. The largest absolute Gasteiger partial charge is 0.504 e. The van der Waals surface area contributed by atoms with Gasteiger partial charge in [-0.25, -0.2) is 0 Å². The number of hydrogen-bond acceptors (Lipinski definition) is 4. The fourth-order valence-electron chi connectivity index (χ4n) is 2.07. The first-order valence-corrected chi connectivity index (χ1v) is 6.69. The molecule has 2 N–H and O–H groups in total. The third kappa shape index (κ3) is 3.51. The van der Waals surface area contributed by atoms with Crippen LogP contribution in [0.2, 0.25) is 0 Å². The van der Waals surface area contributed by atoms with Gasteiger partial charge in [-0.15, -0.1) is 0 Å². The fraction of sp³-hybridized carbons (Fsp3) is 0.400. The lowest BCUT2D eigenvalue weighted by Crippen LogP contribution is -2.23. The van der Waals surface area contributed by atoms with Crippen LogP contribution in [0.15, 0.2) is 30.6 Å². The van der Waals surface area contributed by atoms with Gasteiger partial charge in [0, 0.05) is 18.8 Å². The molecule has 1 heterocycles. The Balaban J connectivity index is 1.89. The highest BCUT2D eigenvalue weighted by atomic mass is 16.5. The lowest BCUT2D eigenvalue weighted by molar-refractivity contribution is 0.372. The molecule has 5 heteroatoms. The Kier molecular flexibility index (Phi) is 4.63. The van der Waals surface area contributed by atoms with Gasteiger partial charge in [-0.05, 0) is 37.1 Å². The van der Waals surface area contributed by atoms with Crippen molar-refractivity contribution in [3.8, 4) is 11.5 Å². The summed E-state index contributed by atoms with van der Waals surface area (Å²) in [4.78, 5) is 0. The number of phenolic OH excluding ortho intramolecular Hbond substituents is 1. The van der Waals surface area contributed by atoms with Crippen LogP contribution in [0, 0.1) is 6.92 Å². The second-order valence-electron chi connectivity index (χ2n) is 4.89. The molecular weight excluding hydrogens is 254 g/mol. The van der Waals surface area contributed by atoms with Crippen LogP contribution in [0.5, 0.6) is 11.5 Å². The minimum absolute atomic E-state index is 0.162. The number of aromatic hydroxyl groups is 1. The molecule has 0 aliphatic heterocycles. The number of aromatic nitrogens is 2. The number of phenols is 1. The zero-order valence-corrected chi connectivity index (χ0v) is 12.1. The zero-order valence-electron chi connectivity index (χ0n) is 12.1. The van der Waals surface area contributed by atoms with Crippen LogP contribution in [-0.2, 0) is 6.54 Å². The smallest absolute Gasteiger partial charge is 0.160 e.